The Morgan fingerprint density at radius 1 is 1.35 bits per heavy atom. The molecule has 3 aliphatic rings. The second-order valence-electron chi connectivity index (χ2n) is 6.64. The molecular weight excluding hydrogens is 318 g/mol. The molecule has 0 amide bonds. The summed E-state index contributed by atoms with van der Waals surface area (Å²) in [4.78, 5) is 2.58. The normalized spacial score (nSPS) is 37.0. The van der Waals surface area contributed by atoms with E-state index in [2.05, 4.69) is 27.8 Å². The second kappa shape index (κ2) is 4.46. The van der Waals surface area contributed by atoms with Crippen LogP contribution in [0.4, 0.5) is 0 Å². The van der Waals surface area contributed by atoms with Gasteiger partial charge in [0.15, 0.2) is 0 Å². The molecule has 1 aromatic carbocycles. The molecule has 1 aliphatic carbocycles. The first-order chi connectivity index (χ1) is 9.56. The van der Waals surface area contributed by atoms with Gasteiger partial charge < -0.3 is 9.84 Å². The van der Waals surface area contributed by atoms with Crippen LogP contribution in [-0.2, 0) is 0 Å². The number of nitrogens with zero attached hydrogens (tertiary/aromatic N) is 1. The van der Waals surface area contributed by atoms with Crippen LogP contribution in [0.15, 0.2) is 22.7 Å². The van der Waals surface area contributed by atoms with Crippen molar-refractivity contribution < 1.29 is 9.84 Å². The average Bonchev–Trinajstić information content (AvgIpc) is 3.17. The predicted molar refractivity (Wildman–Crippen MR) is 80.9 cm³/mol. The van der Waals surface area contributed by atoms with E-state index in [4.69, 9.17) is 4.74 Å². The highest BCUT2D eigenvalue weighted by atomic mass is 79.9. The molecule has 1 saturated heterocycles. The molecule has 0 bridgehead atoms. The summed E-state index contributed by atoms with van der Waals surface area (Å²) in [6.07, 6.45) is 3.97. The Morgan fingerprint density at radius 3 is 2.90 bits per heavy atom. The number of likely N-dealkylation sites (tertiary alicyclic amines) is 1. The Bertz CT molecular complexity index is 545. The van der Waals surface area contributed by atoms with Gasteiger partial charge in [-0.2, -0.15) is 0 Å². The van der Waals surface area contributed by atoms with Crippen molar-refractivity contribution in [3.8, 4) is 5.75 Å². The monoisotopic (exact) mass is 337 g/mol. The molecule has 1 aromatic rings. The van der Waals surface area contributed by atoms with Crippen LogP contribution in [0.5, 0.6) is 5.75 Å². The van der Waals surface area contributed by atoms with E-state index < -0.39 is 6.10 Å². The van der Waals surface area contributed by atoms with Gasteiger partial charge >= 0.3 is 0 Å². The van der Waals surface area contributed by atoms with Crippen molar-refractivity contribution in [1.29, 1.82) is 0 Å². The maximum atomic E-state index is 10.5. The summed E-state index contributed by atoms with van der Waals surface area (Å²) in [5, 5.41) is 10.5. The summed E-state index contributed by atoms with van der Waals surface area (Å²) >= 11 is 3.46. The third-order valence-electron chi connectivity index (χ3n) is 4.94. The van der Waals surface area contributed by atoms with Crippen molar-refractivity contribution >= 4 is 15.9 Å². The minimum absolute atomic E-state index is 0.192. The van der Waals surface area contributed by atoms with E-state index in [-0.39, 0.29) is 5.60 Å². The Morgan fingerprint density at radius 2 is 2.15 bits per heavy atom. The number of ether oxygens (including phenoxy) is 1. The maximum Gasteiger partial charge on any atom is 0.126 e. The highest BCUT2D eigenvalue weighted by molar-refractivity contribution is 9.10. The van der Waals surface area contributed by atoms with Crippen LogP contribution in [-0.4, -0.2) is 34.2 Å². The lowest BCUT2D eigenvalue weighted by Gasteiger charge is -2.38. The molecule has 1 N–H and O–H groups in total. The quantitative estimate of drug-likeness (QED) is 0.853. The molecule has 0 aromatic heterocycles. The Hall–Kier alpha value is -0.580. The SMILES string of the molecule is CC1CC2(C[C@@H](O)c3cc(Br)ccc3O2)CN1C1CC1. The third kappa shape index (κ3) is 2.09. The number of aliphatic hydroxyl groups is 1. The fourth-order valence-corrected chi connectivity index (χ4v) is 4.31. The molecule has 4 heteroatoms. The Labute approximate surface area is 128 Å². The summed E-state index contributed by atoms with van der Waals surface area (Å²) in [5.41, 5.74) is 0.727. The summed E-state index contributed by atoms with van der Waals surface area (Å²) in [7, 11) is 0. The van der Waals surface area contributed by atoms with Gasteiger partial charge in [-0.25, -0.2) is 0 Å². The first-order valence-corrected chi connectivity index (χ1v) is 8.28. The van der Waals surface area contributed by atoms with Gasteiger partial charge in [-0.05, 0) is 38.0 Å². The van der Waals surface area contributed by atoms with Crippen molar-refractivity contribution in [1.82, 2.24) is 4.90 Å². The summed E-state index contributed by atoms with van der Waals surface area (Å²) in [6, 6.07) is 7.27. The number of rotatable bonds is 1. The van der Waals surface area contributed by atoms with Crippen LogP contribution in [0.3, 0.4) is 0 Å². The minimum Gasteiger partial charge on any atom is -0.485 e. The molecule has 4 rings (SSSR count). The van der Waals surface area contributed by atoms with Gasteiger partial charge in [0.05, 0.1) is 6.10 Å². The van der Waals surface area contributed by atoms with E-state index in [1.807, 2.05) is 18.2 Å². The van der Waals surface area contributed by atoms with E-state index in [0.29, 0.717) is 12.5 Å². The standard InChI is InChI=1S/C16H20BrNO2/c1-10-7-16(9-18(10)12-3-4-12)8-14(19)13-6-11(17)2-5-15(13)20-16/h2,5-6,10,12,14,19H,3-4,7-9H2,1H3/t10?,14-,16?/m1/s1. The fourth-order valence-electron chi connectivity index (χ4n) is 3.94. The molecule has 108 valence electrons. The van der Waals surface area contributed by atoms with Gasteiger partial charge in [0, 0.05) is 41.5 Å². The predicted octanol–water partition coefficient (Wildman–Crippen LogP) is 3.26. The maximum absolute atomic E-state index is 10.5. The second-order valence-corrected chi connectivity index (χ2v) is 7.56. The molecule has 1 spiro atoms. The highest BCUT2D eigenvalue weighted by Gasteiger charge is 2.51. The first-order valence-electron chi connectivity index (χ1n) is 7.49. The zero-order chi connectivity index (χ0) is 13.9. The molecule has 0 radical (unpaired) electrons. The molecule has 1 saturated carbocycles. The zero-order valence-electron chi connectivity index (χ0n) is 11.7. The molecule has 2 unspecified atom stereocenters. The summed E-state index contributed by atoms with van der Waals surface area (Å²) in [5.74, 6) is 0.858. The van der Waals surface area contributed by atoms with E-state index in [9.17, 15) is 5.11 Å². The fraction of sp³-hybridized carbons (Fsp3) is 0.625. The lowest BCUT2D eigenvalue weighted by molar-refractivity contribution is -0.00778. The summed E-state index contributed by atoms with van der Waals surface area (Å²) in [6.45, 7) is 3.26. The van der Waals surface area contributed by atoms with Crippen LogP contribution in [0, 0.1) is 0 Å². The number of fused-ring (bicyclic) bond motifs is 1. The number of halogens is 1. The van der Waals surface area contributed by atoms with Gasteiger partial charge in [0.25, 0.3) is 0 Å². The van der Waals surface area contributed by atoms with Crippen molar-refractivity contribution in [3.63, 3.8) is 0 Å². The van der Waals surface area contributed by atoms with Gasteiger partial charge in [-0.1, -0.05) is 15.9 Å². The van der Waals surface area contributed by atoms with Gasteiger partial charge in [-0.15, -0.1) is 0 Å². The van der Waals surface area contributed by atoms with E-state index in [1.165, 1.54) is 12.8 Å². The smallest absolute Gasteiger partial charge is 0.126 e. The number of benzene rings is 1. The molecule has 2 heterocycles. The number of aliphatic hydroxyl groups excluding tert-OH is 1. The van der Waals surface area contributed by atoms with Crippen molar-refractivity contribution in [3.05, 3.63) is 28.2 Å². The van der Waals surface area contributed by atoms with Gasteiger partial charge in [0.2, 0.25) is 0 Å². The zero-order valence-corrected chi connectivity index (χ0v) is 13.3. The molecule has 2 aliphatic heterocycles. The third-order valence-corrected chi connectivity index (χ3v) is 5.44. The molecule has 3 atom stereocenters. The minimum atomic E-state index is -0.414. The summed E-state index contributed by atoms with van der Waals surface area (Å²) < 4.78 is 7.36. The number of hydrogen-bond donors (Lipinski definition) is 1. The van der Waals surface area contributed by atoms with E-state index >= 15 is 0 Å². The topological polar surface area (TPSA) is 32.7 Å². The number of hydrogen-bond acceptors (Lipinski definition) is 3. The van der Waals surface area contributed by atoms with Crippen LogP contribution in [0.1, 0.15) is 44.3 Å². The highest BCUT2D eigenvalue weighted by Crippen LogP contribution is 2.48. The largest absolute Gasteiger partial charge is 0.485 e. The average molecular weight is 338 g/mol. The molecule has 2 fully saturated rings. The van der Waals surface area contributed by atoms with Crippen LogP contribution in [0.25, 0.3) is 0 Å². The van der Waals surface area contributed by atoms with Crippen LogP contribution < -0.4 is 4.74 Å². The van der Waals surface area contributed by atoms with E-state index in [1.54, 1.807) is 0 Å². The Kier molecular flexibility index (Phi) is 2.92. The van der Waals surface area contributed by atoms with Gasteiger partial charge in [0.1, 0.15) is 11.4 Å². The van der Waals surface area contributed by atoms with Crippen molar-refractivity contribution in [2.75, 3.05) is 6.54 Å². The van der Waals surface area contributed by atoms with Crippen LogP contribution >= 0.6 is 15.9 Å². The lowest BCUT2D eigenvalue weighted by Crippen LogP contribution is -2.44. The molecule has 3 nitrogen and oxygen atoms in total. The lowest BCUT2D eigenvalue weighted by atomic mass is 9.87. The van der Waals surface area contributed by atoms with Crippen molar-refractivity contribution in [2.45, 2.75) is 56.4 Å². The van der Waals surface area contributed by atoms with Gasteiger partial charge in [-0.3, -0.25) is 4.90 Å². The Balaban J connectivity index is 1.64. The van der Waals surface area contributed by atoms with E-state index in [0.717, 1.165) is 34.8 Å². The first kappa shape index (κ1) is 13.1. The van der Waals surface area contributed by atoms with Crippen molar-refractivity contribution in [2.24, 2.45) is 0 Å². The molecule has 20 heavy (non-hydrogen) atoms. The van der Waals surface area contributed by atoms with Crippen LogP contribution in [0.2, 0.25) is 0 Å². The molecular formula is C16H20BrNO2.